The number of amides is 1. The van der Waals surface area contributed by atoms with Crippen LogP contribution in [0.25, 0.3) is 0 Å². The third-order valence-electron chi connectivity index (χ3n) is 3.33. The highest BCUT2D eigenvalue weighted by Gasteiger charge is 2.65. The Kier molecular flexibility index (Phi) is 3.34. The quantitative estimate of drug-likeness (QED) is 0.836. The molecule has 1 aromatic rings. The van der Waals surface area contributed by atoms with Crippen molar-refractivity contribution in [3.63, 3.8) is 0 Å². The number of rotatable bonds is 4. The fourth-order valence-electron chi connectivity index (χ4n) is 2.31. The number of carbonyl (C=O) groups is 1. The first-order chi connectivity index (χ1) is 8.54. The van der Waals surface area contributed by atoms with Crippen LogP contribution < -0.4 is 0 Å². The molecule has 3 nitrogen and oxygen atoms in total. The molecule has 1 N–H and O–H groups in total. The number of likely N-dealkylation sites (tertiary alicyclic amines) is 1. The monoisotopic (exact) mass is 255 g/mol. The van der Waals surface area contributed by atoms with Gasteiger partial charge in [-0.05, 0) is 12.0 Å². The summed E-state index contributed by atoms with van der Waals surface area (Å²) < 4.78 is 27.4. The summed E-state index contributed by atoms with van der Waals surface area (Å²) in [6, 6.07) is 6.38. The van der Waals surface area contributed by atoms with Gasteiger partial charge in [-0.15, -0.1) is 0 Å². The third-order valence-corrected chi connectivity index (χ3v) is 3.33. The maximum Gasteiger partial charge on any atom is 0.348 e. The smallest absolute Gasteiger partial charge is 0.348 e. The van der Waals surface area contributed by atoms with Gasteiger partial charge in [-0.25, -0.2) is 0 Å². The van der Waals surface area contributed by atoms with Crippen molar-refractivity contribution in [3.05, 3.63) is 35.9 Å². The number of aliphatic hydroxyl groups is 1. The van der Waals surface area contributed by atoms with E-state index in [1.54, 1.807) is 37.3 Å². The Balaban J connectivity index is 2.33. The van der Waals surface area contributed by atoms with Gasteiger partial charge >= 0.3 is 5.92 Å². The number of halogens is 2. The van der Waals surface area contributed by atoms with Crippen LogP contribution in [-0.4, -0.2) is 34.5 Å². The Labute approximate surface area is 104 Å². The van der Waals surface area contributed by atoms with Gasteiger partial charge in [0, 0.05) is 0 Å². The van der Waals surface area contributed by atoms with Gasteiger partial charge in [-0.1, -0.05) is 37.3 Å². The molecule has 0 aliphatic carbocycles. The van der Waals surface area contributed by atoms with Crippen molar-refractivity contribution < 1.29 is 18.7 Å². The van der Waals surface area contributed by atoms with Crippen molar-refractivity contribution in [2.75, 3.05) is 6.61 Å². The van der Waals surface area contributed by atoms with Crippen LogP contribution in [-0.2, 0) is 4.79 Å². The molecule has 1 saturated heterocycles. The Hall–Kier alpha value is -1.49. The van der Waals surface area contributed by atoms with Gasteiger partial charge in [0.25, 0.3) is 5.91 Å². The minimum absolute atomic E-state index is 0.304. The minimum Gasteiger partial charge on any atom is -0.394 e. The number of β-lactam (4-membered cyclic amide) rings is 1. The summed E-state index contributed by atoms with van der Waals surface area (Å²) >= 11 is 0. The molecular formula is C13H15F2NO2. The van der Waals surface area contributed by atoms with Crippen molar-refractivity contribution >= 4 is 5.91 Å². The number of nitrogens with zero attached hydrogens (tertiary/aromatic N) is 1. The molecule has 1 aromatic carbocycles. The lowest BCUT2D eigenvalue weighted by molar-refractivity contribution is -0.214. The normalized spacial score (nSPS) is 23.7. The van der Waals surface area contributed by atoms with E-state index in [0.717, 1.165) is 4.90 Å². The molecular weight excluding hydrogens is 240 g/mol. The average molecular weight is 255 g/mol. The van der Waals surface area contributed by atoms with Crippen LogP contribution >= 0.6 is 0 Å². The molecule has 1 heterocycles. The first-order valence-electron chi connectivity index (χ1n) is 5.90. The van der Waals surface area contributed by atoms with Gasteiger partial charge < -0.3 is 10.0 Å². The first-order valence-corrected chi connectivity index (χ1v) is 5.90. The molecule has 0 spiro atoms. The summed E-state index contributed by atoms with van der Waals surface area (Å²) in [5.41, 5.74) is 0.397. The number of aliphatic hydroxyl groups excluding tert-OH is 1. The Bertz CT molecular complexity index is 432. The van der Waals surface area contributed by atoms with Crippen LogP contribution in [0.5, 0.6) is 0 Å². The molecule has 2 rings (SSSR count). The predicted molar refractivity (Wildman–Crippen MR) is 62.1 cm³/mol. The Morgan fingerprint density at radius 2 is 2.00 bits per heavy atom. The topological polar surface area (TPSA) is 40.5 Å². The predicted octanol–water partition coefficient (Wildman–Crippen LogP) is 1.98. The maximum atomic E-state index is 13.7. The van der Waals surface area contributed by atoms with Crippen molar-refractivity contribution in [2.24, 2.45) is 0 Å². The van der Waals surface area contributed by atoms with E-state index in [0.29, 0.717) is 12.0 Å². The van der Waals surface area contributed by atoms with Crippen LogP contribution in [0, 0.1) is 0 Å². The van der Waals surface area contributed by atoms with Gasteiger partial charge in [0.05, 0.1) is 12.6 Å². The standard InChI is InChI=1S/C13H15F2NO2/c1-2-10(8-17)16-11(13(14,15)12(16)18)9-6-4-3-5-7-9/h3-7,10-11,17H,2,8H2,1H3/t10-,11-/m0/s1. The molecule has 1 aliphatic heterocycles. The van der Waals surface area contributed by atoms with Crippen LogP contribution in [0.15, 0.2) is 30.3 Å². The van der Waals surface area contributed by atoms with Crippen LogP contribution in [0.1, 0.15) is 24.9 Å². The first kappa shape index (κ1) is 13.0. The Morgan fingerprint density at radius 1 is 1.39 bits per heavy atom. The van der Waals surface area contributed by atoms with E-state index in [9.17, 15) is 18.7 Å². The molecule has 0 saturated carbocycles. The maximum absolute atomic E-state index is 13.7. The molecule has 5 heteroatoms. The van der Waals surface area contributed by atoms with E-state index in [2.05, 4.69) is 0 Å². The number of benzene rings is 1. The summed E-state index contributed by atoms with van der Waals surface area (Å²) in [4.78, 5) is 12.6. The highest BCUT2D eigenvalue weighted by Crippen LogP contribution is 2.48. The van der Waals surface area contributed by atoms with E-state index in [-0.39, 0.29) is 6.61 Å². The van der Waals surface area contributed by atoms with Crippen LogP contribution in [0.3, 0.4) is 0 Å². The number of alkyl halides is 2. The highest BCUT2D eigenvalue weighted by molar-refractivity contribution is 5.92. The molecule has 1 fully saturated rings. The fourth-order valence-corrected chi connectivity index (χ4v) is 2.31. The van der Waals surface area contributed by atoms with Gasteiger partial charge in [0.1, 0.15) is 6.04 Å². The van der Waals surface area contributed by atoms with Gasteiger partial charge in [0.15, 0.2) is 0 Å². The molecule has 0 bridgehead atoms. The van der Waals surface area contributed by atoms with Gasteiger partial charge in [-0.3, -0.25) is 4.79 Å². The summed E-state index contributed by atoms with van der Waals surface area (Å²) in [6.45, 7) is 1.45. The van der Waals surface area contributed by atoms with E-state index in [1.807, 2.05) is 0 Å². The molecule has 0 aromatic heterocycles. The zero-order valence-electron chi connectivity index (χ0n) is 10.0. The molecule has 1 aliphatic rings. The van der Waals surface area contributed by atoms with Gasteiger partial charge in [0.2, 0.25) is 0 Å². The molecule has 2 atom stereocenters. The molecule has 98 valence electrons. The third kappa shape index (κ3) is 1.79. The second kappa shape index (κ2) is 4.65. The molecule has 0 unspecified atom stereocenters. The lowest BCUT2D eigenvalue weighted by Crippen LogP contribution is -2.67. The zero-order valence-corrected chi connectivity index (χ0v) is 10.0. The number of hydrogen-bond acceptors (Lipinski definition) is 2. The zero-order chi connectivity index (χ0) is 13.3. The lowest BCUT2D eigenvalue weighted by atomic mass is 9.87. The summed E-state index contributed by atoms with van der Waals surface area (Å²) in [7, 11) is 0. The second-order valence-corrected chi connectivity index (χ2v) is 4.39. The van der Waals surface area contributed by atoms with Crippen molar-refractivity contribution in [1.82, 2.24) is 4.90 Å². The van der Waals surface area contributed by atoms with Crippen LogP contribution in [0.2, 0.25) is 0 Å². The largest absolute Gasteiger partial charge is 0.394 e. The number of carbonyl (C=O) groups excluding carboxylic acids is 1. The molecule has 1 amide bonds. The summed E-state index contributed by atoms with van der Waals surface area (Å²) in [5.74, 6) is -4.57. The average Bonchev–Trinajstić information content (AvgIpc) is 2.39. The summed E-state index contributed by atoms with van der Waals surface area (Å²) in [5, 5.41) is 9.18. The van der Waals surface area contributed by atoms with Crippen molar-refractivity contribution in [1.29, 1.82) is 0 Å². The van der Waals surface area contributed by atoms with E-state index < -0.39 is 23.9 Å². The lowest BCUT2D eigenvalue weighted by Gasteiger charge is -2.50. The number of hydrogen-bond donors (Lipinski definition) is 1. The van der Waals surface area contributed by atoms with Crippen molar-refractivity contribution in [3.8, 4) is 0 Å². The highest BCUT2D eigenvalue weighted by atomic mass is 19.3. The van der Waals surface area contributed by atoms with Crippen molar-refractivity contribution in [2.45, 2.75) is 31.4 Å². The molecule has 0 radical (unpaired) electrons. The van der Waals surface area contributed by atoms with E-state index in [4.69, 9.17) is 0 Å². The van der Waals surface area contributed by atoms with Crippen LogP contribution in [0.4, 0.5) is 8.78 Å². The van der Waals surface area contributed by atoms with Gasteiger partial charge in [-0.2, -0.15) is 8.78 Å². The molecule has 18 heavy (non-hydrogen) atoms. The SMILES string of the molecule is CC[C@@H](CO)N1C(=O)C(F)(F)[C@@H]1c1ccccc1. The fraction of sp³-hybridized carbons (Fsp3) is 0.462. The Morgan fingerprint density at radius 3 is 2.50 bits per heavy atom. The minimum atomic E-state index is -3.37. The van der Waals surface area contributed by atoms with E-state index in [1.165, 1.54) is 0 Å². The summed E-state index contributed by atoms with van der Waals surface area (Å²) in [6.07, 6.45) is 0.446. The van der Waals surface area contributed by atoms with E-state index >= 15 is 0 Å². The second-order valence-electron chi connectivity index (χ2n) is 4.39.